The van der Waals surface area contributed by atoms with Crippen LogP contribution >= 0.6 is 11.6 Å². The fourth-order valence-corrected chi connectivity index (χ4v) is 2.62. The average molecular weight is 393 g/mol. The SMILES string of the molecule is COc1ccc(C(NC(=O)CCNc2cc(Cl)ccc2OC)C(=O)O)cc1. The lowest BCUT2D eigenvalue weighted by atomic mass is 10.1. The molecule has 0 heterocycles. The zero-order valence-corrected chi connectivity index (χ0v) is 15.7. The van der Waals surface area contributed by atoms with Crippen LogP contribution in [0.5, 0.6) is 11.5 Å². The zero-order valence-electron chi connectivity index (χ0n) is 15.0. The van der Waals surface area contributed by atoms with Crippen LogP contribution in [0.4, 0.5) is 5.69 Å². The molecule has 1 amide bonds. The van der Waals surface area contributed by atoms with Crippen molar-refractivity contribution in [3.63, 3.8) is 0 Å². The van der Waals surface area contributed by atoms with Crippen LogP contribution in [-0.2, 0) is 9.59 Å². The van der Waals surface area contributed by atoms with Gasteiger partial charge in [-0.15, -0.1) is 0 Å². The van der Waals surface area contributed by atoms with Crippen LogP contribution in [0.3, 0.4) is 0 Å². The Morgan fingerprint density at radius 3 is 2.41 bits per heavy atom. The summed E-state index contributed by atoms with van der Waals surface area (Å²) in [6, 6.07) is 10.5. The molecule has 144 valence electrons. The number of carbonyl (C=O) groups excluding carboxylic acids is 1. The van der Waals surface area contributed by atoms with Gasteiger partial charge in [0.15, 0.2) is 6.04 Å². The second-order valence-electron chi connectivity index (χ2n) is 5.63. The molecular weight excluding hydrogens is 372 g/mol. The summed E-state index contributed by atoms with van der Waals surface area (Å²) < 4.78 is 10.3. The lowest BCUT2D eigenvalue weighted by Crippen LogP contribution is -2.34. The molecule has 27 heavy (non-hydrogen) atoms. The van der Waals surface area contributed by atoms with E-state index in [2.05, 4.69) is 10.6 Å². The molecule has 1 atom stereocenters. The van der Waals surface area contributed by atoms with Gasteiger partial charge in [-0.1, -0.05) is 23.7 Å². The Morgan fingerprint density at radius 2 is 1.81 bits per heavy atom. The number of halogens is 1. The van der Waals surface area contributed by atoms with Gasteiger partial charge in [-0.2, -0.15) is 0 Å². The Hall–Kier alpha value is -2.93. The van der Waals surface area contributed by atoms with Crippen molar-refractivity contribution < 1.29 is 24.2 Å². The van der Waals surface area contributed by atoms with Crippen molar-refractivity contribution >= 4 is 29.2 Å². The summed E-state index contributed by atoms with van der Waals surface area (Å²) in [7, 11) is 3.06. The van der Waals surface area contributed by atoms with Crippen LogP contribution in [-0.4, -0.2) is 37.7 Å². The highest BCUT2D eigenvalue weighted by molar-refractivity contribution is 6.30. The Labute approximate surface area is 162 Å². The Bertz CT molecular complexity index is 795. The molecule has 0 spiro atoms. The highest BCUT2D eigenvalue weighted by atomic mass is 35.5. The minimum atomic E-state index is -1.14. The van der Waals surface area contributed by atoms with E-state index in [1.165, 1.54) is 14.2 Å². The summed E-state index contributed by atoms with van der Waals surface area (Å²) in [5.41, 5.74) is 1.11. The summed E-state index contributed by atoms with van der Waals surface area (Å²) >= 11 is 5.96. The molecular formula is C19H21ClN2O5. The first-order valence-corrected chi connectivity index (χ1v) is 8.56. The smallest absolute Gasteiger partial charge is 0.330 e. The maximum atomic E-state index is 12.2. The maximum absolute atomic E-state index is 12.2. The fourth-order valence-electron chi connectivity index (χ4n) is 2.45. The third kappa shape index (κ3) is 5.79. The predicted octanol–water partition coefficient (Wildman–Crippen LogP) is 3.10. The van der Waals surface area contributed by atoms with Gasteiger partial charge in [0.05, 0.1) is 19.9 Å². The van der Waals surface area contributed by atoms with E-state index in [-0.39, 0.29) is 13.0 Å². The van der Waals surface area contributed by atoms with E-state index < -0.39 is 17.9 Å². The number of hydrogen-bond donors (Lipinski definition) is 3. The molecule has 0 aliphatic heterocycles. The Morgan fingerprint density at radius 1 is 1.11 bits per heavy atom. The number of benzene rings is 2. The zero-order chi connectivity index (χ0) is 19.8. The molecule has 3 N–H and O–H groups in total. The number of ether oxygens (including phenoxy) is 2. The van der Waals surface area contributed by atoms with Crippen LogP contribution in [0.2, 0.25) is 5.02 Å². The van der Waals surface area contributed by atoms with Gasteiger partial charge < -0.3 is 25.2 Å². The van der Waals surface area contributed by atoms with E-state index >= 15 is 0 Å². The van der Waals surface area contributed by atoms with E-state index in [0.29, 0.717) is 27.8 Å². The van der Waals surface area contributed by atoms with Crippen LogP contribution in [0.25, 0.3) is 0 Å². The number of amides is 1. The molecule has 0 aromatic heterocycles. The van der Waals surface area contributed by atoms with Crippen molar-refractivity contribution in [2.24, 2.45) is 0 Å². The van der Waals surface area contributed by atoms with Gasteiger partial charge in [0.1, 0.15) is 11.5 Å². The summed E-state index contributed by atoms with van der Waals surface area (Å²) in [6.45, 7) is 0.289. The van der Waals surface area contributed by atoms with Gasteiger partial charge in [-0.05, 0) is 35.9 Å². The number of anilines is 1. The van der Waals surface area contributed by atoms with Crippen LogP contribution in [0.1, 0.15) is 18.0 Å². The quantitative estimate of drug-likeness (QED) is 0.606. The van der Waals surface area contributed by atoms with Crippen molar-refractivity contribution in [3.05, 3.63) is 53.1 Å². The second kappa shape index (κ2) is 9.68. The summed E-state index contributed by atoms with van der Waals surface area (Å²) in [5, 5.41) is 15.5. The minimum Gasteiger partial charge on any atom is -0.497 e. The highest BCUT2D eigenvalue weighted by Gasteiger charge is 2.22. The number of carboxylic acid groups (broad SMARTS) is 1. The number of methoxy groups -OCH3 is 2. The number of hydrogen-bond acceptors (Lipinski definition) is 5. The standard InChI is InChI=1S/C19H21ClN2O5/c1-26-14-6-3-12(4-7-14)18(19(24)25)22-17(23)9-10-21-15-11-13(20)5-8-16(15)27-2/h3-8,11,18,21H,9-10H2,1-2H3,(H,22,23)(H,24,25). The largest absolute Gasteiger partial charge is 0.497 e. The van der Waals surface area contributed by atoms with Gasteiger partial charge in [0, 0.05) is 18.0 Å². The summed E-state index contributed by atoms with van der Waals surface area (Å²) in [4.78, 5) is 23.7. The Kier molecular flexibility index (Phi) is 7.31. The first-order chi connectivity index (χ1) is 12.9. The molecule has 1 unspecified atom stereocenters. The number of rotatable bonds is 9. The third-order valence-electron chi connectivity index (χ3n) is 3.83. The molecule has 2 aromatic rings. The second-order valence-corrected chi connectivity index (χ2v) is 6.07. The van der Waals surface area contributed by atoms with Crippen molar-refractivity contribution in [1.82, 2.24) is 5.32 Å². The summed E-state index contributed by atoms with van der Waals surface area (Å²) in [5.74, 6) is -0.333. The molecule has 2 aromatic carbocycles. The average Bonchev–Trinajstić information content (AvgIpc) is 2.66. The molecule has 2 rings (SSSR count). The number of aliphatic carboxylic acids is 1. The van der Waals surface area contributed by atoms with Gasteiger partial charge in [0.2, 0.25) is 5.91 Å². The van der Waals surface area contributed by atoms with E-state index in [4.69, 9.17) is 21.1 Å². The van der Waals surface area contributed by atoms with E-state index in [0.717, 1.165) is 0 Å². The molecule has 0 saturated heterocycles. The monoisotopic (exact) mass is 392 g/mol. The number of carbonyl (C=O) groups is 2. The number of carboxylic acids is 1. The lowest BCUT2D eigenvalue weighted by molar-refractivity contribution is -0.142. The van der Waals surface area contributed by atoms with Crippen molar-refractivity contribution in [3.8, 4) is 11.5 Å². The third-order valence-corrected chi connectivity index (χ3v) is 4.07. The van der Waals surface area contributed by atoms with Gasteiger partial charge in [0.25, 0.3) is 0 Å². The minimum absolute atomic E-state index is 0.0790. The molecule has 0 aliphatic carbocycles. The highest BCUT2D eigenvalue weighted by Crippen LogP contribution is 2.27. The first-order valence-electron chi connectivity index (χ1n) is 8.18. The predicted molar refractivity (Wildman–Crippen MR) is 103 cm³/mol. The van der Waals surface area contributed by atoms with Gasteiger partial charge in [-0.3, -0.25) is 4.79 Å². The van der Waals surface area contributed by atoms with Crippen molar-refractivity contribution in [2.75, 3.05) is 26.1 Å². The number of nitrogens with one attached hydrogen (secondary N) is 2. The van der Waals surface area contributed by atoms with Crippen LogP contribution in [0, 0.1) is 0 Å². The topological polar surface area (TPSA) is 96.9 Å². The summed E-state index contributed by atoms with van der Waals surface area (Å²) in [6.07, 6.45) is 0.0790. The first kappa shape index (κ1) is 20.4. The molecule has 0 radical (unpaired) electrons. The molecule has 7 nitrogen and oxygen atoms in total. The molecule has 8 heteroatoms. The van der Waals surface area contributed by atoms with Crippen molar-refractivity contribution in [1.29, 1.82) is 0 Å². The van der Waals surface area contributed by atoms with Crippen LogP contribution in [0.15, 0.2) is 42.5 Å². The lowest BCUT2D eigenvalue weighted by Gasteiger charge is -2.16. The molecule has 0 saturated carbocycles. The van der Waals surface area contributed by atoms with E-state index in [1.54, 1.807) is 42.5 Å². The van der Waals surface area contributed by atoms with E-state index in [1.807, 2.05) is 0 Å². The van der Waals surface area contributed by atoms with Crippen molar-refractivity contribution in [2.45, 2.75) is 12.5 Å². The normalized spacial score (nSPS) is 11.4. The molecule has 0 aliphatic rings. The maximum Gasteiger partial charge on any atom is 0.330 e. The van der Waals surface area contributed by atoms with Crippen LogP contribution < -0.4 is 20.1 Å². The van der Waals surface area contributed by atoms with Gasteiger partial charge in [-0.25, -0.2) is 4.79 Å². The van der Waals surface area contributed by atoms with E-state index in [9.17, 15) is 14.7 Å². The van der Waals surface area contributed by atoms with Gasteiger partial charge >= 0.3 is 5.97 Å². The molecule has 0 fully saturated rings. The Balaban J connectivity index is 1.94. The fraction of sp³-hybridized carbons (Fsp3) is 0.263. The molecule has 0 bridgehead atoms.